The van der Waals surface area contributed by atoms with Crippen molar-refractivity contribution in [1.29, 1.82) is 0 Å². The molecule has 2 aromatic heterocycles. The fraction of sp³-hybridized carbons (Fsp3) is 0.579. The molecule has 28 heavy (non-hydrogen) atoms. The second-order valence-corrected chi connectivity index (χ2v) is 12.1. The van der Waals surface area contributed by atoms with Crippen molar-refractivity contribution >= 4 is 48.1 Å². The number of aromatic nitrogens is 2. The van der Waals surface area contributed by atoms with Crippen molar-refractivity contribution in [3.05, 3.63) is 28.3 Å². The molecule has 2 fully saturated rings. The number of hydrogen-bond acceptors (Lipinski definition) is 7. The van der Waals surface area contributed by atoms with Gasteiger partial charge in [0, 0.05) is 38.6 Å². The van der Waals surface area contributed by atoms with Crippen LogP contribution in [0.5, 0.6) is 0 Å². The second kappa shape index (κ2) is 8.28. The van der Waals surface area contributed by atoms with Crippen LogP contribution in [0.1, 0.15) is 25.7 Å². The summed E-state index contributed by atoms with van der Waals surface area (Å²) in [6.45, 7) is 4.18. The first-order chi connectivity index (χ1) is 13.4. The number of rotatable bonds is 4. The Morgan fingerprint density at radius 1 is 0.964 bits per heavy atom. The third kappa shape index (κ3) is 4.52. The smallest absolute Gasteiger partial charge is 0.186 e. The van der Waals surface area contributed by atoms with E-state index in [1.165, 1.54) is 38.1 Å². The molecule has 152 valence electrons. The van der Waals surface area contributed by atoms with Crippen LogP contribution < -0.4 is 9.80 Å². The first-order valence-electron chi connectivity index (χ1n) is 9.67. The molecule has 0 bridgehead atoms. The Morgan fingerprint density at radius 2 is 1.57 bits per heavy atom. The molecule has 0 radical (unpaired) electrons. The van der Waals surface area contributed by atoms with Crippen molar-refractivity contribution in [1.82, 2.24) is 9.97 Å². The van der Waals surface area contributed by atoms with E-state index in [4.69, 9.17) is 0 Å². The molecule has 4 heterocycles. The quantitative estimate of drug-likeness (QED) is 0.656. The molecule has 0 aliphatic carbocycles. The zero-order chi connectivity index (χ0) is 19.7. The molecule has 2 saturated heterocycles. The topological polar surface area (TPSA) is 66.4 Å². The first-order valence-corrected chi connectivity index (χ1v) is 13.2. The summed E-state index contributed by atoms with van der Waals surface area (Å²) in [5.41, 5.74) is 0. The standard InChI is InChI=1S/C19H25BrN4O2S2/c1-28(25,26)16-2-3-18(21-12-16)23-8-4-14(5-9-23)15-6-10-24(11-7-15)19-22-13-17(20)27-19/h2-3,12-15H,4-11H2,1H3. The van der Waals surface area contributed by atoms with Gasteiger partial charge in [0.15, 0.2) is 15.0 Å². The molecule has 2 aliphatic rings. The lowest BCUT2D eigenvalue weighted by atomic mass is 9.79. The van der Waals surface area contributed by atoms with Gasteiger partial charge in [-0.05, 0) is 65.6 Å². The van der Waals surface area contributed by atoms with E-state index in [2.05, 4.69) is 35.7 Å². The van der Waals surface area contributed by atoms with Gasteiger partial charge in [0.2, 0.25) is 0 Å². The molecule has 0 N–H and O–H groups in total. The second-order valence-electron chi connectivity index (χ2n) is 7.72. The fourth-order valence-corrected chi connectivity index (χ4v) is 6.13. The van der Waals surface area contributed by atoms with Crippen LogP contribution in [0, 0.1) is 11.8 Å². The van der Waals surface area contributed by atoms with Crippen LogP contribution in [0.25, 0.3) is 0 Å². The molecule has 0 saturated carbocycles. The molecule has 2 aliphatic heterocycles. The monoisotopic (exact) mass is 484 g/mol. The van der Waals surface area contributed by atoms with Crippen LogP contribution >= 0.6 is 27.3 Å². The number of thiazole rings is 1. The number of anilines is 2. The Labute approximate surface area is 179 Å². The van der Waals surface area contributed by atoms with E-state index in [0.717, 1.165) is 52.8 Å². The molecule has 0 spiro atoms. The summed E-state index contributed by atoms with van der Waals surface area (Å²) in [6.07, 6.45) is 9.42. The average Bonchev–Trinajstić information content (AvgIpc) is 3.14. The van der Waals surface area contributed by atoms with Crippen molar-refractivity contribution in [2.45, 2.75) is 30.6 Å². The number of halogens is 1. The van der Waals surface area contributed by atoms with Crippen molar-refractivity contribution < 1.29 is 8.42 Å². The predicted octanol–water partition coefficient (Wildman–Crippen LogP) is 3.84. The predicted molar refractivity (Wildman–Crippen MR) is 117 cm³/mol. The highest BCUT2D eigenvalue weighted by Crippen LogP contribution is 2.36. The molecule has 6 nitrogen and oxygen atoms in total. The highest BCUT2D eigenvalue weighted by molar-refractivity contribution is 9.11. The van der Waals surface area contributed by atoms with Crippen LogP contribution in [0.4, 0.5) is 10.9 Å². The number of sulfone groups is 1. The Bertz CT molecular complexity index is 900. The highest BCUT2D eigenvalue weighted by Gasteiger charge is 2.30. The largest absolute Gasteiger partial charge is 0.357 e. The minimum Gasteiger partial charge on any atom is -0.357 e. The van der Waals surface area contributed by atoms with Crippen LogP contribution in [0.2, 0.25) is 0 Å². The van der Waals surface area contributed by atoms with E-state index < -0.39 is 9.84 Å². The van der Waals surface area contributed by atoms with Gasteiger partial charge in [-0.3, -0.25) is 0 Å². The lowest BCUT2D eigenvalue weighted by Gasteiger charge is -2.40. The highest BCUT2D eigenvalue weighted by atomic mass is 79.9. The molecule has 2 aromatic rings. The number of hydrogen-bond donors (Lipinski definition) is 0. The van der Waals surface area contributed by atoms with Gasteiger partial charge < -0.3 is 9.80 Å². The van der Waals surface area contributed by atoms with Gasteiger partial charge >= 0.3 is 0 Å². The van der Waals surface area contributed by atoms with Gasteiger partial charge in [-0.25, -0.2) is 18.4 Å². The minimum atomic E-state index is -3.19. The van der Waals surface area contributed by atoms with Crippen molar-refractivity contribution in [3.63, 3.8) is 0 Å². The Hall–Kier alpha value is -1.19. The van der Waals surface area contributed by atoms with E-state index in [0.29, 0.717) is 0 Å². The molecular formula is C19H25BrN4O2S2. The van der Waals surface area contributed by atoms with Crippen LogP contribution in [0.15, 0.2) is 33.2 Å². The number of piperidine rings is 2. The molecule has 9 heteroatoms. The maximum Gasteiger partial charge on any atom is 0.186 e. The maximum atomic E-state index is 11.6. The average molecular weight is 485 g/mol. The SMILES string of the molecule is CS(=O)(=O)c1ccc(N2CCC(C3CCN(c4ncc(Br)s4)CC3)CC2)nc1. The van der Waals surface area contributed by atoms with Crippen molar-refractivity contribution in [3.8, 4) is 0 Å². The van der Waals surface area contributed by atoms with E-state index in [1.807, 2.05) is 12.3 Å². The lowest BCUT2D eigenvalue weighted by molar-refractivity contribution is 0.232. The number of pyridine rings is 1. The maximum absolute atomic E-state index is 11.6. The van der Waals surface area contributed by atoms with Gasteiger partial charge in [0.25, 0.3) is 0 Å². The lowest BCUT2D eigenvalue weighted by Crippen LogP contribution is -2.41. The van der Waals surface area contributed by atoms with Crippen LogP contribution in [0.3, 0.4) is 0 Å². The summed E-state index contributed by atoms with van der Waals surface area (Å²) in [7, 11) is -3.19. The molecule has 0 unspecified atom stereocenters. The molecular weight excluding hydrogens is 460 g/mol. The fourth-order valence-electron chi connectivity index (χ4n) is 4.33. The summed E-state index contributed by atoms with van der Waals surface area (Å²) >= 11 is 5.21. The van der Waals surface area contributed by atoms with Gasteiger partial charge in [-0.2, -0.15) is 0 Å². The van der Waals surface area contributed by atoms with E-state index >= 15 is 0 Å². The first kappa shape index (κ1) is 20.1. The van der Waals surface area contributed by atoms with Crippen LogP contribution in [-0.4, -0.2) is 50.8 Å². The third-order valence-corrected chi connectivity index (χ3v) is 8.59. The Morgan fingerprint density at radius 3 is 2.04 bits per heavy atom. The summed E-state index contributed by atoms with van der Waals surface area (Å²) < 4.78 is 24.3. The molecule has 0 aromatic carbocycles. The number of nitrogens with zero attached hydrogens (tertiary/aromatic N) is 4. The molecule has 4 rings (SSSR count). The Kier molecular flexibility index (Phi) is 5.94. The van der Waals surface area contributed by atoms with Crippen molar-refractivity contribution in [2.24, 2.45) is 11.8 Å². The summed E-state index contributed by atoms with van der Waals surface area (Å²) in [6, 6.07) is 3.50. The summed E-state index contributed by atoms with van der Waals surface area (Å²) in [4.78, 5) is 13.8. The summed E-state index contributed by atoms with van der Waals surface area (Å²) in [5, 5.41) is 1.13. The van der Waals surface area contributed by atoms with E-state index in [9.17, 15) is 8.42 Å². The van der Waals surface area contributed by atoms with E-state index in [1.54, 1.807) is 17.4 Å². The molecule has 0 amide bonds. The van der Waals surface area contributed by atoms with E-state index in [-0.39, 0.29) is 4.90 Å². The summed E-state index contributed by atoms with van der Waals surface area (Å²) in [5.74, 6) is 2.45. The Balaban J connectivity index is 1.29. The van der Waals surface area contributed by atoms with Crippen LogP contribution in [-0.2, 0) is 9.84 Å². The van der Waals surface area contributed by atoms with Crippen molar-refractivity contribution in [2.75, 3.05) is 42.2 Å². The normalized spacial score (nSPS) is 19.9. The molecule has 0 atom stereocenters. The zero-order valence-corrected chi connectivity index (χ0v) is 19.1. The van der Waals surface area contributed by atoms with Gasteiger partial charge in [-0.15, -0.1) is 0 Å². The van der Waals surface area contributed by atoms with Gasteiger partial charge in [0.1, 0.15) is 5.82 Å². The van der Waals surface area contributed by atoms with Gasteiger partial charge in [-0.1, -0.05) is 11.3 Å². The van der Waals surface area contributed by atoms with Gasteiger partial charge in [0.05, 0.1) is 14.9 Å². The minimum absolute atomic E-state index is 0.283. The third-order valence-electron chi connectivity index (χ3n) is 5.95. The zero-order valence-electron chi connectivity index (χ0n) is 15.9.